The van der Waals surface area contributed by atoms with Crippen molar-refractivity contribution in [3.05, 3.63) is 66.3 Å². The summed E-state index contributed by atoms with van der Waals surface area (Å²) in [6, 6.07) is 14.7. The van der Waals surface area contributed by atoms with E-state index in [1.807, 2.05) is 12.3 Å². The number of benzene rings is 1. The second-order valence-corrected chi connectivity index (χ2v) is 4.84. The summed E-state index contributed by atoms with van der Waals surface area (Å²) in [4.78, 5) is 4.10. The molecule has 1 saturated carbocycles. The zero-order valence-corrected chi connectivity index (χ0v) is 10.3. The van der Waals surface area contributed by atoms with Gasteiger partial charge >= 0.3 is 0 Å². The lowest BCUT2D eigenvalue weighted by molar-refractivity contribution is 0.833. The third-order valence-electron chi connectivity index (χ3n) is 3.43. The molecule has 1 unspecified atom stereocenters. The smallest absolute Gasteiger partial charge is 0.0526 e. The highest BCUT2D eigenvalue weighted by Crippen LogP contribution is 2.43. The maximum atomic E-state index is 4.10. The molecule has 1 aliphatic rings. The molecule has 3 rings (SSSR count). The van der Waals surface area contributed by atoms with Crippen molar-refractivity contribution in [3.63, 3.8) is 0 Å². The highest BCUT2D eigenvalue weighted by Gasteiger charge is 2.36. The standard InChI is InChI=1S/C16H17N2/c1-2-5-13(6-3-1)9-14-10-15(14)11-18-16-7-4-8-17-12-16/h1-8,12,14,18H,9-11H2. The minimum absolute atomic E-state index is 0.775. The van der Waals surface area contributed by atoms with Crippen molar-refractivity contribution in [2.45, 2.75) is 12.8 Å². The summed E-state index contributed by atoms with van der Waals surface area (Å²) < 4.78 is 0. The van der Waals surface area contributed by atoms with Gasteiger partial charge in [-0.05, 0) is 42.4 Å². The van der Waals surface area contributed by atoms with Gasteiger partial charge in [-0.2, -0.15) is 0 Å². The number of hydrogen-bond donors (Lipinski definition) is 1. The Labute approximate surface area is 108 Å². The summed E-state index contributed by atoms with van der Waals surface area (Å²) in [5.41, 5.74) is 2.55. The van der Waals surface area contributed by atoms with Gasteiger partial charge in [-0.3, -0.25) is 4.98 Å². The summed E-state index contributed by atoms with van der Waals surface area (Å²) in [6.07, 6.45) is 6.12. The predicted octanol–water partition coefficient (Wildman–Crippen LogP) is 3.33. The number of rotatable bonds is 5. The van der Waals surface area contributed by atoms with Gasteiger partial charge in [-0.1, -0.05) is 30.3 Å². The van der Waals surface area contributed by atoms with E-state index >= 15 is 0 Å². The highest BCUT2D eigenvalue weighted by molar-refractivity contribution is 5.42. The van der Waals surface area contributed by atoms with Crippen molar-refractivity contribution in [2.75, 3.05) is 11.9 Å². The van der Waals surface area contributed by atoms with Crippen molar-refractivity contribution < 1.29 is 0 Å². The van der Waals surface area contributed by atoms with E-state index in [2.05, 4.69) is 46.7 Å². The summed E-state index contributed by atoms with van der Waals surface area (Å²) in [5, 5.41) is 3.42. The molecule has 0 aliphatic heterocycles. The van der Waals surface area contributed by atoms with E-state index in [1.54, 1.807) is 12.1 Å². The quantitative estimate of drug-likeness (QED) is 0.862. The number of anilines is 1. The third kappa shape index (κ3) is 2.89. The van der Waals surface area contributed by atoms with Gasteiger partial charge in [0.05, 0.1) is 5.69 Å². The minimum Gasteiger partial charge on any atom is -0.383 e. The van der Waals surface area contributed by atoms with Crippen molar-refractivity contribution in [2.24, 2.45) is 5.92 Å². The largest absolute Gasteiger partial charge is 0.383 e. The lowest BCUT2D eigenvalue weighted by Gasteiger charge is -2.04. The fraction of sp³-hybridized carbons (Fsp3) is 0.250. The first-order chi connectivity index (χ1) is 8.92. The average molecular weight is 237 g/mol. The van der Waals surface area contributed by atoms with Crippen molar-refractivity contribution in [3.8, 4) is 0 Å². The van der Waals surface area contributed by atoms with Crippen LogP contribution < -0.4 is 5.32 Å². The van der Waals surface area contributed by atoms with Gasteiger partial charge in [-0.15, -0.1) is 0 Å². The van der Waals surface area contributed by atoms with Crippen LogP contribution in [0, 0.1) is 11.8 Å². The monoisotopic (exact) mass is 237 g/mol. The molecule has 1 aliphatic carbocycles. The molecule has 2 aromatic rings. The van der Waals surface area contributed by atoms with Crippen LogP contribution in [0.5, 0.6) is 0 Å². The van der Waals surface area contributed by atoms with Crippen LogP contribution in [0.15, 0.2) is 54.9 Å². The molecule has 2 heteroatoms. The van der Waals surface area contributed by atoms with Gasteiger partial charge in [0.25, 0.3) is 0 Å². The molecule has 0 spiro atoms. The SMILES string of the molecule is c1ccc(CC2C[C]2CNc2cccnc2)cc1. The number of pyridine rings is 1. The molecular formula is C16H17N2. The van der Waals surface area contributed by atoms with Gasteiger partial charge in [0.2, 0.25) is 0 Å². The number of nitrogens with one attached hydrogen (secondary N) is 1. The van der Waals surface area contributed by atoms with E-state index in [0.29, 0.717) is 0 Å². The molecule has 1 aromatic heterocycles. The molecule has 18 heavy (non-hydrogen) atoms. The maximum Gasteiger partial charge on any atom is 0.0526 e. The Morgan fingerprint density at radius 1 is 1.11 bits per heavy atom. The van der Waals surface area contributed by atoms with E-state index in [-0.39, 0.29) is 0 Å². The molecule has 1 atom stereocenters. The van der Waals surface area contributed by atoms with E-state index < -0.39 is 0 Å². The van der Waals surface area contributed by atoms with Gasteiger partial charge < -0.3 is 5.32 Å². The molecule has 91 valence electrons. The van der Waals surface area contributed by atoms with Crippen LogP contribution in [-0.2, 0) is 6.42 Å². The van der Waals surface area contributed by atoms with Crippen LogP contribution in [0.1, 0.15) is 12.0 Å². The zero-order valence-electron chi connectivity index (χ0n) is 10.3. The predicted molar refractivity (Wildman–Crippen MR) is 74.2 cm³/mol. The number of nitrogens with zero attached hydrogens (tertiary/aromatic N) is 1. The lowest BCUT2D eigenvalue weighted by Crippen LogP contribution is -2.04. The van der Waals surface area contributed by atoms with E-state index in [4.69, 9.17) is 0 Å². The highest BCUT2D eigenvalue weighted by atomic mass is 14.9. The molecule has 0 amide bonds. The fourth-order valence-electron chi connectivity index (χ4n) is 2.27. The van der Waals surface area contributed by atoms with Crippen LogP contribution in [0.4, 0.5) is 5.69 Å². The van der Waals surface area contributed by atoms with Crippen LogP contribution in [0.25, 0.3) is 0 Å². The van der Waals surface area contributed by atoms with Crippen LogP contribution >= 0.6 is 0 Å². The molecule has 1 N–H and O–H groups in total. The summed E-state index contributed by atoms with van der Waals surface area (Å²) in [6.45, 7) is 0.989. The molecule has 2 nitrogen and oxygen atoms in total. The molecule has 1 aromatic carbocycles. The van der Waals surface area contributed by atoms with Crippen LogP contribution in [-0.4, -0.2) is 11.5 Å². The Hall–Kier alpha value is -1.83. The Bertz CT molecular complexity index is 481. The van der Waals surface area contributed by atoms with Gasteiger partial charge in [0, 0.05) is 18.9 Å². The van der Waals surface area contributed by atoms with Gasteiger partial charge in [-0.25, -0.2) is 0 Å². The van der Waals surface area contributed by atoms with Crippen molar-refractivity contribution >= 4 is 5.69 Å². The Morgan fingerprint density at radius 2 is 2.00 bits per heavy atom. The van der Waals surface area contributed by atoms with Crippen molar-refractivity contribution in [1.82, 2.24) is 4.98 Å². The molecule has 1 heterocycles. The average Bonchev–Trinajstić information content (AvgIpc) is 3.17. The number of aromatic nitrogens is 1. The molecule has 1 fully saturated rings. The normalized spacial score (nSPS) is 18.6. The Kier molecular flexibility index (Phi) is 3.26. The third-order valence-corrected chi connectivity index (χ3v) is 3.43. The molecule has 1 radical (unpaired) electrons. The molecular weight excluding hydrogens is 220 g/mol. The first-order valence-electron chi connectivity index (χ1n) is 6.44. The van der Waals surface area contributed by atoms with Crippen LogP contribution in [0.2, 0.25) is 0 Å². The van der Waals surface area contributed by atoms with E-state index in [0.717, 1.165) is 18.2 Å². The summed E-state index contributed by atoms with van der Waals surface area (Å²) in [7, 11) is 0. The van der Waals surface area contributed by atoms with E-state index in [9.17, 15) is 0 Å². The Balaban J connectivity index is 1.45. The zero-order chi connectivity index (χ0) is 12.2. The van der Waals surface area contributed by atoms with Gasteiger partial charge in [0.15, 0.2) is 0 Å². The maximum absolute atomic E-state index is 4.10. The minimum atomic E-state index is 0.775. The van der Waals surface area contributed by atoms with Crippen LogP contribution in [0.3, 0.4) is 0 Å². The molecule has 0 saturated heterocycles. The summed E-state index contributed by atoms with van der Waals surface area (Å²) in [5.74, 6) is 2.40. The van der Waals surface area contributed by atoms with Gasteiger partial charge in [0.1, 0.15) is 0 Å². The summed E-state index contributed by atoms with van der Waals surface area (Å²) >= 11 is 0. The second-order valence-electron chi connectivity index (χ2n) is 4.84. The second kappa shape index (κ2) is 5.21. The first-order valence-corrected chi connectivity index (χ1v) is 6.44. The Morgan fingerprint density at radius 3 is 2.78 bits per heavy atom. The molecule has 0 bridgehead atoms. The first kappa shape index (κ1) is 11.3. The lowest BCUT2D eigenvalue weighted by atomic mass is 10.1. The van der Waals surface area contributed by atoms with E-state index in [1.165, 1.54) is 18.4 Å². The van der Waals surface area contributed by atoms with Crippen molar-refractivity contribution in [1.29, 1.82) is 0 Å². The number of hydrogen-bond acceptors (Lipinski definition) is 2. The fourth-order valence-corrected chi connectivity index (χ4v) is 2.27. The topological polar surface area (TPSA) is 24.9 Å².